The van der Waals surface area contributed by atoms with Gasteiger partial charge in [0.25, 0.3) is 0 Å². The Morgan fingerprint density at radius 1 is 1.33 bits per heavy atom. The summed E-state index contributed by atoms with van der Waals surface area (Å²) in [4.78, 5) is 11.5. The predicted octanol–water partition coefficient (Wildman–Crippen LogP) is -0.687. The van der Waals surface area contributed by atoms with Crippen LogP contribution in [0.15, 0.2) is 0 Å². The minimum absolute atomic E-state index is 0.0818. The Morgan fingerprint density at radius 3 is 2.50 bits per heavy atom. The van der Waals surface area contributed by atoms with E-state index in [0.717, 1.165) is 12.8 Å². The van der Waals surface area contributed by atoms with Crippen molar-refractivity contribution < 1.29 is 13.2 Å². The van der Waals surface area contributed by atoms with E-state index in [9.17, 15) is 13.2 Å². The zero-order chi connectivity index (χ0) is 13.2. The Hall–Kier alpha value is -0.660. The number of nitrogens with two attached hydrogens (primary N) is 1. The van der Waals surface area contributed by atoms with Crippen molar-refractivity contribution in [2.24, 2.45) is 11.7 Å². The number of sulfonamides is 1. The van der Waals surface area contributed by atoms with E-state index in [1.165, 1.54) is 6.42 Å². The SMILES string of the molecule is NC1(C(=O)NCCS(=O)(=O)NCC2CCC2)CC1. The van der Waals surface area contributed by atoms with E-state index in [1.54, 1.807) is 0 Å². The highest BCUT2D eigenvalue weighted by atomic mass is 32.2. The van der Waals surface area contributed by atoms with Gasteiger partial charge in [-0.1, -0.05) is 6.42 Å². The van der Waals surface area contributed by atoms with E-state index in [2.05, 4.69) is 10.0 Å². The van der Waals surface area contributed by atoms with Crippen LogP contribution in [0.4, 0.5) is 0 Å². The molecular formula is C11H21N3O3S. The van der Waals surface area contributed by atoms with Gasteiger partial charge in [0.05, 0.1) is 11.3 Å². The van der Waals surface area contributed by atoms with E-state index in [4.69, 9.17) is 5.73 Å². The fraction of sp³-hybridized carbons (Fsp3) is 0.909. The van der Waals surface area contributed by atoms with Crippen LogP contribution in [0.3, 0.4) is 0 Å². The molecule has 0 heterocycles. The zero-order valence-electron chi connectivity index (χ0n) is 10.4. The molecule has 2 aliphatic carbocycles. The quantitative estimate of drug-likeness (QED) is 0.572. The second-order valence-electron chi connectivity index (χ2n) is 5.38. The summed E-state index contributed by atoms with van der Waals surface area (Å²) in [5, 5.41) is 2.57. The summed E-state index contributed by atoms with van der Waals surface area (Å²) in [6, 6.07) is 0. The topological polar surface area (TPSA) is 101 Å². The molecule has 104 valence electrons. The second-order valence-corrected chi connectivity index (χ2v) is 7.30. The molecule has 0 aromatic rings. The maximum Gasteiger partial charge on any atom is 0.240 e. The third-order valence-electron chi connectivity index (χ3n) is 3.71. The standard InChI is InChI=1S/C11H21N3O3S/c12-11(4-5-11)10(15)13-6-7-18(16,17)14-8-9-2-1-3-9/h9,14H,1-8,12H2,(H,13,15). The van der Waals surface area contributed by atoms with Crippen molar-refractivity contribution in [3.8, 4) is 0 Å². The van der Waals surface area contributed by atoms with Crippen molar-refractivity contribution in [3.05, 3.63) is 0 Å². The molecule has 18 heavy (non-hydrogen) atoms. The first-order chi connectivity index (χ1) is 8.41. The average molecular weight is 275 g/mol. The maximum atomic E-state index is 11.6. The smallest absolute Gasteiger partial charge is 0.240 e. The molecule has 1 amide bonds. The number of carbonyl (C=O) groups excluding carboxylic acids is 1. The molecule has 6 nitrogen and oxygen atoms in total. The monoisotopic (exact) mass is 275 g/mol. The Bertz CT molecular complexity index is 413. The molecule has 2 saturated carbocycles. The summed E-state index contributed by atoms with van der Waals surface area (Å²) in [5.74, 6) is 0.173. The van der Waals surface area contributed by atoms with Gasteiger partial charge in [0.1, 0.15) is 0 Å². The lowest BCUT2D eigenvalue weighted by Gasteiger charge is -2.25. The minimum Gasteiger partial charge on any atom is -0.353 e. The number of amides is 1. The third-order valence-corrected chi connectivity index (χ3v) is 5.06. The highest BCUT2D eigenvalue weighted by molar-refractivity contribution is 7.89. The Kier molecular flexibility index (Phi) is 3.93. The Morgan fingerprint density at radius 2 is 2.00 bits per heavy atom. The van der Waals surface area contributed by atoms with Crippen LogP contribution in [0.25, 0.3) is 0 Å². The van der Waals surface area contributed by atoms with E-state index < -0.39 is 15.6 Å². The molecular weight excluding hydrogens is 254 g/mol. The summed E-state index contributed by atoms with van der Waals surface area (Å²) < 4.78 is 25.8. The summed E-state index contributed by atoms with van der Waals surface area (Å²) in [6.07, 6.45) is 4.78. The highest BCUT2D eigenvalue weighted by Crippen LogP contribution is 2.31. The van der Waals surface area contributed by atoms with Crippen molar-refractivity contribution >= 4 is 15.9 Å². The maximum absolute atomic E-state index is 11.6. The van der Waals surface area contributed by atoms with Gasteiger partial charge in [0.15, 0.2) is 0 Å². The van der Waals surface area contributed by atoms with Gasteiger partial charge in [-0.05, 0) is 31.6 Å². The first kappa shape index (κ1) is 13.8. The third kappa shape index (κ3) is 3.66. The van der Waals surface area contributed by atoms with E-state index >= 15 is 0 Å². The lowest BCUT2D eigenvalue weighted by molar-refractivity contribution is -0.123. The fourth-order valence-electron chi connectivity index (χ4n) is 1.85. The van der Waals surface area contributed by atoms with Gasteiger partial charge in [-0.15, -0.1) is 0 Å². The molecule has 0 atom stereocenters. The molecule has 4 N–H and O–H groups in total. The Labute approximate surface area is 108 Å². The number of hydrogen-bond acceptors (Lipinski definition) is 4. The molecule has 0 saturated heterocycles. The van der Waals surface area contributed by atoms with Gasteiger partial charge in [0.2, 0.25) is 15.9 Å². The van der Waals surface area contributed by atoms with Crippen LogP contribution in [0.2, 0.25) is 0 Å². The van der Waals surface area contributed by atoms with Crippen LogP contribution in [0.5, 0.6) is 0 Å². The molecule has 0 aromatic carbocycles. The van der Waals surface area contributed by atoms with Crippen LogP contribution in [0, 0.1) is 5.92 Å². The fourth-order valence-corrected chi connectivity index (χ4v) is 2.86. The van der Waals surface area contributed by atoms with E-state index in [1.807, 2.05) is 0 Å². The zero-order valence-corrected chi connectivity index (χ0v) is 11.3. The molecule has 7 heteroatoms. The van der Waals surface area contributed by atoms with Gasteiger partial charge in [-0.3, -0.25) is 4.79 Å². The second kappa shape index (κ2) is 5.14. The lowest BCUT2D eigenvalue weighted by Crippen LogP contribution is -2.45. The van der Waals surface area contributed by atoms with Gasteiger partial charge in [-0.2, -0.15) is 0 Å². The van der Waals surface area contributed by atoms with Crippen LogP contribution in [-0.2, 0) is 14.8 Å². The van der Waals surface area contributed by atoms with Crippen molar-refractivity contribution in [3.63, 3.8) is 0 Å². The molecule has 0 unspecified atom stereocenters. The lowest BCUT2D eigenvalue weighted by atomic mass is 9.86. The summed E-state index contributed by atoms with van der Waals surface area (Å²) >= 11 is 0. The number of hydrogen-bond donors (Lipinski definition) is 3. The summed E-state index contributed by atoms with van der Waals surface area (Å²) in [6.45, 7) is 0.648. The minimum atomic E-state index is -3.28. The van der Waals surface area contributed by atoms with Crippen LogP contribution >= 0.6 is 0 Å². The van der Waals surface area contributed by atoms with Crippen LogP contribution < -0.4 is 15.8 Å². The van der Waals surface area contributed by atoms with Crippen molar-refractivity contribution in [2.45, 2.75) is 37.6 Å². The van der Waals surface area contributed by atoms with E-state index in [0.29, 0.717) is 25.3 Å². The molecule has 2 fully saturated rings. The molecule has 2 aliphatic rings. The van der Waals surface area contributed by atoms with Gasteiger partial charge in [-0.25, -0.2) is 13.1 Å². The first-order valence-electron chi connectivity index (χ1n) is 6.46. The summed E-state index contributed by atoms with van der Waals surface area (Å²) in [7, 11) is -3.28. The van der Waals surface area contributed by atoms with Crippen LogP contribution in [0.1, 0.15) is 32.1 Å². The molecule has 0 aliphatic heterocycles. The van der Waals surface area contributed by atoms with Gasteiger partial charge < -0.3 is 11.1 Å². The number of rotatable bonds is 7. The van der Waals surface area contributed by atoms with Crippen molar-refractivity contribution in [1.82, 2.24) is 10.0 Å². The normalized spacial score (nSPS) is 22.3. The summed E-state index contributed by atoms with van der Waals surface area (Å²) in [5.41, 5.74) is 4.95. The average Bonchev–Trinajstić information content (AvgIpc) is 2.95. The number of nitrogens with one attached hydrogen (secondary N) is 2. The Balaban J connectivity index is 1.63. The molecule has 0 aromatic heterocycles. The largest absolute Gasteiger partial charge is 0.353 e. The number of carbonyl (C=O) groups is 1. The van der Waals surface area contributed by atoms with Gasteiger partial charge in [0, 0.05) is 13.1 Å². The predicted molar refractivity (Wildman–Crippen MR) is 68.3 cm³/mol. The van der Waals surface area contributed by atoms with Crippen LogP contribution in [-0.4, -0.2) is 38.7 Å². The molecule has 0 bridgehead atoms. The van der Waals surface area contributed by atoms with E-state index in [-0.39, 0.29) is 18.2 Å². The van der Waals surface area contributed by atoms with Crippen molar-refractivity contribution in [1.29, 1.82) is 0 Å². The molecule has 2 rings (SSSR count). The first-order valence-corrected chi connectivity index (χ1v) is 8.11. The van der Waals surface area contributed by atoms with Gasteiger partial charge >= 0.3 is 0 Å². The molecule has 0 spiro atoms. The molecule has 0 radical (unpaired) electrons. The highest BCUT2D eigenvalue weighted by Gasteiger charge is 2.45. The van der Waals surface area contributed by atoms with Crippen molar-refractivity contribution in [2.75, 3.05) is 18.8 Å².